The minimum Gasteiger partial charge on any atom is -0.381 e. The molecule has 0 unspecified atom stereocenters. The molecule has 8 heteroatoms. The Bertz CT molecular complexity index is 247. The van der Waals surface area contributed by atoms with E-state index in [-0.39, 0.29) is 24.8 Å². The molecule has 0 bridgehead atoms. The maximum atomic E-state index is 5.65. The molecule has 4 N–H and O–H groups in total. The average Bonchev–Trinajstić information content (AvgIpc) is 2.40. The number of amidine groups is 2. The SMILES string of the molecule is COC(CN=C(N)C(N)=NCC(OC)OC)OC. The van der Waals surface area contributed by atoms with Crippen molar-refractivity contribution in [1.29, 1.82) is 0 Å². The van der Waals surface area contributed by atoms with Crippen molar-refractivity contribution in [2.24, 2.45) is 21.5 Å². The van der Waals surface area contributed by atoms with Gasteiger partial charge in [0.1, 0.15) is 0 Å². The molecular weight excluding hydrogens is 240 g/mol. The van der Waals surface area contributed by atoms with Gasteiger partial charge in [-0.05, 0) is 0 Å². The van der Waals surface area contributed by atoms with Gasteiger partial charge in [-0.15, -0.1) is 0 Å². The maximum Gasteiger partial charge on any atom is 0.176 e. The normalized spacial score (nSPS) is 13.7. The lowest BCUT2D eigenvalue weighted by Crippen LogP contribution is -2.34. The van der Waals surface area contributed by atoms with Crippen LogP contribution >= 0.6 is 0 Å². The van der Waals surface area contributed by atoms with E-state index in [1.807, 2.05) is 0 Å². The van der Waals surface area contributed by atoms with Crippen molar-refractivity contribution in [1.82, 2.24) is 0 Å². The third-order valence-electron chi connectivity index (χ3n) is 2.14. The van der Waals surface area contributed by atoms with E-state index in [0.29, 0.717) is 0 Å². The quantitative estimate of drug-likeness (QED) is 0.327. The number of nitrogens with two attached hydrogens (primary N) is 2. The number of rotatable bonds is 8. The molecule has 0 aromatic rings. The Hall–Kier alpha value is -1.22. The molecule has 0 aliphatic heterocycles. The lowest BCUT2D eigenvalue weighted by atomic mass is 10.5. The van der Waals surface area contributed by atoms with Crippen molar-refractivity contribution in [3.05, 3.63) is 0 Å². The summed E-state index contributed by atoms with van der Waals surface area (Å²) in [4.78, 5) is 8.01. The van der Waals surface area contributed by atoms with Gasteiger partial charge >= 0.3 is 0 Å². The maximum absolute atomic E-state index is 5.65. The van der Waals surface area contributed by atoms with Gasteiger partial charge in [-0.25, -0.2) is 0 Å². The van der Waals surface area contributed by atoms with Gasteiger partial charge in [-0.1, -0.05) is 0 Å². The zero-order valence-electron chi connectivity index (χ0n) is 11.3. The first kappa shape index (κ1) is 16.8. The van der Waals surface area contributed by atoms with Crippen molar-refractivity contribution in [2.45, 2.75) is 12.6 Å². The number of nitrogens with zero attached hydrogens (tertiary/aromatic N) is 2. The van der Waals surface area contributed by atoms with Crippen LogP contribution in [0.4, 0.5) is 0 Å². The fourth-order valence-corrected chi connectivity index (χ4v) is 0.998. The van der Waals surface area contributed by atoms with E-state index < -0.39 is 12.6 Å². The molecule has 0 aliphatic rings. The summed E-state index contributed by atoms with van der Waals surface area (Å²) in [5.41, 5.74) is 11.3. The summed E-state index contributed by atoms with van der Waals surface area (Å²) < 4.78 is 19.8. The number of hydrogen-bond acceptors (Lipinski definition) is 6. The molecule has 0 aliphatic carbocycles. The topological polar surface area (TPSA) is 114 Å². The fraction of sp³-hybridized carbons (Fsp3) is 0.800. The van der Waals surface area contributed by atoms with Crippen molar-refractivity contribution < 1.29 is 18.9 Å². The molecule has 8 nitrogen and oxygen atoms in total. The van der Waals surface area contributed by atoms with Crippen LogP contribution in [0.25, 0.3) is 0 Å². The number of ether oxygens (including phenoxy) is 4. The molecule has 0 atom stereocenters. The van der Waals surface area contributed by atoms with E-state index >= 15 is 0 Å². The minimum absolute atomic E-state index is 0.125. The van der Waals surface area contributed by atoms with Gasteiger partial charge in [0.25, 0.3) is 0 Å². The van der Waals surface area contributed by atoms with Crippen LogP contribution in [-0.2, 0) is 18.9 Å². The molecular formula is C10H22N4O4. The van der Waals surface area contributed by atoms with Crippen molar-refractivity contribution >= 4 is 11.7 Å². The lowest BCUT2D eigenvalue weighted by molar-refractivity contribution is -0.0939. The van der Waals surface area contributed by atoms with Crippen LogP contribution < -0.4 is 11.5 Å². The first-order valence-electron chi connectivity index (χ1n) is 5.30. The Labute approximate surface area is 107 Å². The van der Waals surface area contributed by atoms with Crippen LogP contribution in [0.3, 0.4) is 0 Å². The molecule has 0 radical (unpaired) electrons. The Morgan fingerprint density at radius 3 is 1.28 bits per heavy atom. The van der Waals surface area contributed by atoms with Crippen molar-refractivity contribution in [3.63, 3.8) is 0 Å². The van der Waals surface area contributed by atoms with Gasteiger partial charge in [0.2, 0.25) is 0 Å². The largest absolute Gasteiger partial charge is 0.381 e. The van der Waals surface area contributed by atoms with E-state index in [1.165, 1.54) is 28.4 Å². The van der Waals surface area contributed by atoms with E-state index in [0.717, 1.165) is 0 Å². The summed E-state index contributed by atoms with van der Waals surface area (Å²) in [5.74, 6) is 0.250. The zero-order valence-corrected chi connectivity index (χ0v) is 11.3. The van der Waals surface area contributed by atoms with E-state index in [2.05, 4.69) is 9.98 Å². The van der Waals surface area contributed by atoms with Crippen molar-refractivity contribution in [3.8, 4) is 0 Å². The summed E-state index contributed by atoms with van der Waals surface area (Å²) in [5, 5.41) is 0. The van der Waals surface area contributed by atoms with E-state index in [4.69, 9.17) is 30.4 Å². The molecule has 106 valence electrons. The average molecular weight is 262 g/mol. The highest BCUT2D eigenvalue weighted by Crippen LogP contribution is 1.93. The Kier molecular flexibility index (Phi) is 9.11. The summed E-state index contributed by atoms with van der Waals surface area (Å²) in [6.07, 6.45) is -0.913. The molecule has 0 heterocycles. The second-order valence-corrected chi connectivity index (χ2v) is 3.25. The monoisotopic (exact) mass is 262 g/mol. The second kappa shape index (κ2) is 9.77. The fourth-order valence-electron chi connectivity index (χ4n) is 0.998. The van der Waals surface area contributed by atoms with Crippen LogP contribution in [0, 0.1) is 0 Å². The van der Waals surface area contributed by atoms with Crippen LogP contribution in [-0.4, -0.2) is 65.8 Å². The molecule has 0 saturated carbocycles. The first-order chi connectivity index (χ1) is 8.58. The molecule has 0 amide bonds. The summed E-state index contributed by atoms with van der Waals surface area (Å²) in [7, 11) is 6.05. The van der Waals surface area contributed by atoms with Crippen LogP contribution in [0.15, 0.2) is 9.98 Å². The first-order valence-corrected chi connectivity index (χ1v) is 5.30. The van der Waals surface area contributed by atoms with Gasteiger partial charge < -0.3 is 30.4 Å². The van der Waals surface area contributed by atoms with Crippen LogP contribution in [0.5, 0.6) is 0 Å². The third kappa shape index (κ3) is 6.50. The molecule has 18 heavy (non-hydrogen) atoms. The van der Waals surface area contributed by atoms with Crippen LogP contribution in [0.1, 0.15) is 0 Å². The van der Waals surface area contributed by atoms with Gasteiger partial charge in [0, 0.05) is 28.4 Å². The number of aliphatic imine (C=N–C) groups is 2. The highest BCUT2D eigenvalue weighted by Gasteiger charge is 2.07. The number of hydrogen-bond donors (Lipinski definition) is 2. The molecule has 0 fully saturated rings. The standard InChI is InChI=1S/C10H22N4O4/c1-15-7(16-2)5-13-9(11)10(12)14-6-8(17-3)18-4/h7-8H,5-6H2,1-4H3,(H2,11,13)(H2,12,14). The predicted molar refractivity (Wildman–Crippen MR) is 68.6 cm³/mol. The Balaban J connectivity index is 4.34. The smallest absolute Gasteiger partial charge is 0.176 e. The predicted octanol–water partition coefficient (Wildman–Crippen LogP) is -1.06. The highest BCUT2D eigenvalue weighted by atomic mass is 16.7. The molecule has 0 rings (SSSR count). The van der Waals surface area contributed by atoms with Gasteiger partial charge in [-0.3, -0.25) is 9.98 Å². The summed E-state index contributed by atoms with van der Waals surface area (Å²) in [6.45, 7) is 0.486. The van der Waals surface area contributed by atoms with Crippen molar-refractivity contribution in [2.75, 3.05) is 41.5 Å². The number of methoxy groups -OCH3 is 4. The molecule has 0 aromatic carbocycles. The van der Waals surface area contributed by atoms with E-state index in [9.17, 15) is 0 Å². The Morgan fingerprint density at radius 2 is 1.06 bits per heavy atom. The van der Waals surface area contributed by atoms with Gasteiger partial charge in [-0.2, -0.15) is 0 Å². The Morgan fingerprint density at radius 1 is 0.778 bits per heavy atom. The zero-order chi connectivity index (χ0) is 14.0. The van der Waals surface area contributed by atoms with E-state index in [1.54, 1.807) is 0 Å². The molecule has 0 saturated heterocycles. The molecule has 0 aromatic heterocycles. The summed E-state index contributed by atoms with van der Waals surface area (Å²) in [6, 6.07) is 0. The molecule has 0 spiro atoms. The minimum atomic E-state index is -0.456. The summed E-state index contributed by atoms with van der Waals surface area (Å²) >= 11 is 0. The van der Waals surface area contributed by atoms with Gasteiger partial charge in [0.15, 0.2) is 24.3 Å². The lowest BCUT2D eigenvalue weighted by Gasteiger charge is -2.11. The highest BCUT2D eigenvalue weighted by molar-refractivity contribution is 6.39. The van der Waals surface area contributed by atoms with Crippen LogP contribution in [0.2, 0.25) is 0 Å². The third-order valence-corrected chi connectivity index (χ3v) is 2.14. The van der Waals surface area contributed by atoms with Gasteiger partial charge in [0.05, 0.1) is 13.1 Å². The second-order valence-electron chi connectivity index (χ2n) is 3.25.